The minimum Gasteiger partial charge on any atom is -0.479 e. The molecule has 6 heteroatoms. The molecule has 0 unspecified atom stereocenters. The molecule has 5 nitrogen and oxygen atoms in total. The van der Waals surface area contributed by atoms with Gasteiger partial charge in [0.05, 0.1) is 0 Å². The first kappa shape index (κ1) is 17.0. The number of carbonyl (C=O) groups excluding carboxylic acids is 1. The molecule has 1 aliphatic rings. The zero-order chi connectivity index (χ0) is 16.3. The summed E-state index contributed by atoms with van der Waals surface area (Å²) in [7, 11) is 0. The average Bonchev–Trinajstić information content (AvgIpc) is 2.95. The third-order valence-corrected chi connectivity index (χ3v) is 4.27. The van der Waals surface area contributed by atoms with Gasteiger partial charge in [0, 0.05) is 17.1 Å². The second-order valence-corrected chi connectivity index (χ2v) is 6.63. The summed E-state index contributed by atoms with van der Waals surface area (Å²) in [6.45, 7) is 4.38. The Kier molecular flexibility index (Phi) is 5.58. The Hall–Kier alpha value is -1.40. The molecular formula is C16H20BrNO4. The first-order chi connectivity index (χ1) is 10.4. The molecule has 1 aromatic carbocycles. The number of aliphatic carboxylic acids is 1. The lowest BCUT2D eigenvalue weighted by atomic mass is 10.1. The van der Waals surface area contributed by atoms with Crippen LogP contribution in [0.25, 0.3) is 0 Å². The number of rotatable bonds is 5. The van der Waals surface area contributed by atoms with Gasteiger partial charge in [-0.1, -0.05) is 28.1 Å². The van der Waals surface area contributed by atoms with Crippen molar-refractivity contribution in [3.05, 3.63) is 34.3 Å². The van der Waals surface area contributed by atoms with E-state index in [0.717, 1.165) is 10.0 Å². The first-order valence-corrected chi connectivity index (χ1v) is 8.11. The van der Waals surface area contributed by atoms with Crippen LogP contribution in [0.15, 0.2) is 28.7 Å². The third kappa shape index (κ3) is 4.08. The van der Waals surface area contributed by atoms with Gasteiger partial charge in [-0.05, 0) is 44.4 Å². The van der Waals surface area contributed by atoms with Crippen molar-refractivity contribution in [3.63, 3.8) is 0 Å². The Morgan fingerprint density at radius 1 is 1.27 bits per heavy atom. The van der Waals surface area contributed by atoms with Gasteiger partial charge in [-0.25, -0.2) is 4.79 Å². The molecule has 22 heavy (non-hydrogen) atoms. The summed E-state index contributed by atoms with van der Waals surface area (Å²) in [6.07, 6.45) is -0.676. The van der Waals surface area contributed by atoms with Gasteiger partial charge in [-0.3, -0.25) is 4.79 Å². The summed E-state index contributed by atoms with van der Waals surface area (Å²) in [4.78, 5) is 25.3. The average molecular weight is 370 g/mol. The standard InChI is InChI=1S/C16H20BrNO4/c1-10(2)18(9-11-3-5-12(17)6-4-11)15(19)13-7-8-14(22-13)16(20)21/h3-6,10,13-14H,7-9H2,1-2H3,(H,20,21)/t13-,14+/m0/s1. The van der Waals surface area contributed by atoms with Crippen molar-refractivity contribution in [1.29, 1.82) is 0 Å². The second-order valence-electron chi connectivity index (χ2n) is 5.72. The van der Waals surface area contributed by atoms with Crippen molar-refractivity contribution in [2.24, 2.45) is 0 Å². The summed E-state index contributed by atoms with van der Waals surface area (Å²) in [6, 6.07) is 7.81. The number of halogens is 1. The molecule has 0 aliphatic carbocycles. The maximum atomic E-state index is 12.6. The SMILES string of the molecule is CC(C)N(Cc1ccc(Br)cc1)C(=O)[C@@H]1CC[C@H](C(=O)O)O1. The van der Waals surface area contributed by atoms with Crippen LogP contribution in [0.4, 0.5) is 0 Å². The maximum absolute atomic E-state index is 12.6. The van der Waals surface area contributed by atoms with Crippen molar-refractivity contribution in [2.75, 3.05) is 0 Å². The number of benzene rings is 1. The van der Waals surface area contributed by atoms with E-state index < -0.39 is 18.2 Å². The van der Waals surface area contributed by atoms with Gasteiger partial charge < -0.3 is 14.7 Å². The molecule has 120 valence electrons. The first-order valence-electron chi connectivity index (χ1n) is 7.31. The largest absolute Gasteiger partial charge is 0.479 e. The number of carbonyl (C=O) groups is 2. The molecule has 1 fully saturated rings. The fourth-order valence-electron chi connectivity index (χ4n) is 2.49. The summed E-state index contributed by atoms with van der Waals surface area (Å²) in [5.41, 5.74) is 1.03. The molecule has 0 radical (unpaired) electrons. The van der Waals surface area contributed by atoms with E-state index in [9.17, 15) is 9.59 Å². The van der Waals surface area contributed by atoms with Crippen LogP contribution < -0.4 is 0 Å². The number of hydrogen-bond donors (Lipinski definition) is 1. The monoisotopic (exact) mass is 369 g/mol. The Morgan fingerprint density at radius 3 is 2.36 bits per heavy atom. The lowest BCUT2D eigenvalue weighted by Crippen LogP contribution is -2.43. The highest BCUT2D eigenvalue weighted by Crippen LogP contribution is 2.23. The van der Waals surface area contributed by atoms with Crippen molar-refractivity contribution in [2.45, 2.75) is 51.5 Å². The number of nitrogens with zero attached hydrogens (tertiary/aromatic N) is 1. The van der Waals surface area contributed by atoms with Crippen LogP contribution in [0.3, 0.4) is 0 Å². The number of amides is 1. The van der Waals surface area contributed by atoms with Crippen LogP contribution in [0.5, 0.6) is 0 Å². The minimum atomic E-state index is -1.00. The Balaban J connectivity index is 2.06. The summed E-state index contributed by atoms with van der Waals surface area (Å²) < 4.78 is 6.36. The molecule has 1 heterocycles. The highest BCUT2D eigenvalue weighted by Gasteiger charge is 2.37. The van der Waals surface area contributed by atoms with E-state index in [-0.39, 0.29) is 11.9 Å². The van der Waals surface area contributed by atoms with Crippen molar-refractivity contribution >= 4 is 27.8 Å². The molecule has 0 saturated carbocycles. The topological polar surface area (TPSA) is 66.8 Å². The molecule has 1 aromatic rings. The second kappa shape index (κ2) is 7.24. The Labute approximate surface area is 138 Å². The zero-order valence-corrected chi connectivity index (χ0v) is 14.2. The van der Waals surface area contributed by atoms with E-state index in [2.05, 4.69) is 15.9 Å². The molecule has 2 rings (SSSR count). The Bertz CT molecular complexity index is 544. The van der Waals surface area contributed by atoms with Crippen molar-refractivity contribution in [3.8, 4) is 0 Å². The molecule has 0 aromatic heterocycles. The van der Waals surface area contributed by atoms with Gasteiger partial charge in [0.15, 0.2) is 6.10 Å². The van der Waals surface area contributed by atoms with Crippen LogP contribution in [0.2, 0.25) is 0 Å². The lowest BCUT2D eigenvalue weighted by Gasteiger charge is -2.29. The normalized spacial score (nSPS) is 21.1. The van der Waals surface area contributed by atoms with Crippen LogP contribution in [0, 0.1) is 0 Å². The zero-order valence-electron chi connectivity index (χ0n) is 12.7. The predicted molar refractivity (Wildman–Crippen MR) is 85.4 cm³/mol. The summed E-state index contributed by atoms with van der Waals surface area (Å²) >= 11 is 3.39. The summed E-state index contributed by atoms with van der Waals surface area (Å²) in [5, 5.41) is 8.97. The van der Waals surface area contributed by atoms with E-state index in [0.29, 0.717) is 19.4 Å². The van der Waals surface area contributed by atoms with Gasteiger partial charge >= 0.3 is 5.97 Å². The van der Waals surface area contributed by atoms with E-state index in [1.165, 1.54) is 0 Å². The van der Waals surface area contributed by atoms with Crippen LogP contribution >= 0.6 is 15.9 Å². The molecule has 1 aliphatic heterocycles. The van der Waals surface area contributed by atoms with Crippen LogP contribution in [-0.4, -0.2) is 40.1 Å². The number of carboxylic acid groups (broad SMARTS) is 1. The fourth-order valence-corrected chi connectivity index (χ4v) is 2.75. The van der Waals surface area contributed by atoms with E-state index in [1.807, 2.05) is 38.1 Å². The van der Waals surface area contributed by atoms with E-state index in [1.54, 1.807) is 4.90 Å². The van der Waals surface area contributed by atoms with Crippen LogP contribution in [0.1, 0.15) is 32.3 Å². The molecule has 0 bridgehead atoms. The van der Waals surface area contributed by atoms with Gasteiger partial charge in [0.25, 0.3) is 5.91 Å². The van der Waals surface area contributed by atoms with Crippen molar-refractivity contribution in [1.82, 2.24) is 4.90 Å². The van der Waals surface area contributed by atoms with Gasteiger partial charge in [0.1, 0.15) is 6.10 Å². The van der Waals surface area contributed by atoms with Crippen LogP contribution in [-0.2, 0) is 20.9 Å². The molecule has 1 saturated heterocycles. The number of hydrogen-bond acceptors (Lipinski definition) is 3. The van der Waals surface area contributed by atoms with Gasteiger partial charge in [-0.2, -0.15) is 0 Å². The van der Waals surface area contributed by atoms with E-state index in [4.69, 9.17) is 9.84 Å². The quantitative estimate of drug-likeness (QED) is 0.866. The summed E-state index contributed by atoms with van der Waals surface area (Å²) in [5.74, 6) is -1.14. The minimum absolute atomic E-state index is 0.0172. The third-order valence-electron chi connectivity index (χ3n) is 3.74. The lowest BCUT2D eigenvalue weighted by molar-refractivity contribution is -0.155. The predicted octanol–water partition coefficient (Wildman–Crippen LogP) is 2.82. The van der Waals surface area contributed by atoms with E-state index >= 15 is 0 Å². The molecule has 2 atom stereocenters. The highest BCUT2D eigenvalue weighted by molar-refractivity contribution is 9.10. The highest BCUT2D eigenvalue weighted by atomic mass is 79.9. The fraction of sp³-hybridized carbons (Fsp3) is 0.500. The van der Waals surface area contributed by atoms with Crippen molar-refractivity contribution < 1.29 is 19.4 Å². The number of carboxylic acids is 1. The smallest absolute Gasteiger partial charge is 0.332 e. The molecule has 0 spiro atoms. The maximum Gasteiger partial charge on any atom is 0.332 e. The Morgan fingerprint density at radius 2 is 1.86 bits per heavy atom. The molecule has 1 amide bonds. The number of ether oxygens (including phenoxy) is 1. The van der Waals surface area contributed by atoms with Gasteiger partial charge in [-0.15, -0.1) is 0 Å². The molecule has 1 N–H and O–H groups in total. The molecular weight excluding hydrogens is 350 g/mol. The van der Waals surface area contributed by atoms with Gasteiger partial charge in [0.2, 0.25) is 0 Å².